The number of hydrogen-bond acceptors (Lipinski definition) is 6. The van der Waals surface area contributed by atoms with Gasteiger partial charge in [0.25, 0.3) is 15.9 Å². The Hall–Kier alpha value is -2.46. The van der Waals surface area contributed by atoms with Gasteiger partial charge >= 0.3 is 0 Å². The van der Waals surface area contributed by atoms with Crippen LogP contribution >= 0.6 is 11.6 Å². The van der Waals surface area contributed by atoms with Crippen LogP contribution in [0.2, 0.25) is 5.15 Å². The SMILES string of the molecule is CCN(C(=O)c1ccc2c(c1)nnn2C(C)C)S(=O)(=O)c1c(C)nn(C)c1Cl. The highest BCUT2D eigenvalue weighted by atomic mass is 35.5. The van der Waals surface area contributed by atoms with E-state index in [1.54, 1.807) is 36.9 Å². The number of halogens is 1. The summed E-state index contributed by atoms with van der Waals surface area (Å²) in [6, 6.07) is 4.93. The lowest BCUT2D eigenvalue weighted by Crippen LogP contribution is -2.37. The molecule has 0 N–H and O–H groups in total. The maximum absolute atomic E-state index is 13.1. The summed E-state index contributed by atoms with van der Waals surface area (Å²) in [5, 5.41) is 12.1. The predicted molar refractivity (Wildman–Crippen MR) is 105 cm³/mol. The van der Waals surface area contributed by atoms with Gasteiger partial charge in [0.05, 0.1) is 11.2 Å². The normalized spacial score (nSPS) is 12.1. The van der Waals surface area contributed by atoms with Gasteiger partial charge in [0.2, 0.25) is 0 Å². The second kappa shape index (κ2) is 7.17. The number of fused-ring (bicyclic) bond motifs is 1. The van der Waals surface area contributed by atoms with Crippen molar-refractivity contribution in [3.05, 3.63) is 34.6 Å². The Bertz CT molecular complexity index is 1170. The molecule has 2 heterocycles. The molecule has 11 heteroatoms. The van der Waals surface area contributed by atoms with Crippen molar-refractivity contribution in [3.8, 4) is 0 Å². The molecule has 0 atom stereocenters. The zero-order valence-corrected chi connectivity index (χ0v) is 17.8. The van der Waals surface area contributed by atoms with E-state index in [-0.39, 0.29) is 33.9 Å². The monoisotopic (exact) mass is 424 g/mol. The van der Waals surface area contributed by atoms with E-state index in [1.165, 1.54) is 11.6 Å². The van der Waals surface area contributed by atoms with Crippen LogP contribution in [-0.4, -0.2) is 49.9 Å². The van der Waals surface area contributed by atoms with E-state index in [1.807, 2.05) is 13.8 Å². The first-order valence-electron chi connectivity index (χ1n) is 8.70. The van der Waals surface area contributed by atoms with Crippen molar-refractivity contribution in [1.29, 1.82) is 0 Å². The molecular formula is C17H21ClN6O3S. The number of benzene rings is 1. The fourth-order valence-electron chi connectivity index (χ4n) is 3.04. The van der Waals surface area contributed by atoms with E-state index in [9.17, 15) is 13.2 Å². The molecule has 0 aliphatic rings. The van der Waals surface area contributed by atoms with Gasteiger partial charge in [-0.1, -0.05) is 16.8 Å². The average molecular weight is 425 g/mol. The van der Waals surface area contributed by atoms with Gasteiger partial charge in [0.15, 0.2) is 0 Å². The highest BCUT2D eigenvalue weighted by molar-refractivity contribution is 7.89. The minimum atomic E-state index is -4.17. The van der Waals surface area contributed by atoms with Crippen LogP contribution in [0.25, 0.3) is 11.0 Å². The third kappa shape index (κ3) is 3.16. The molecule has 2 aromatic heterocycles. The van der Waals surface area contributed by atoms with Gasteiger partial charge in [-0.05, 0) is 45.9 Å². The zero-order chi connectivity index (χ0) is 20.8. The van der Waals surface area contributed by atoms with Crippen LogP contribution in [-0.2, 0) is 17.1 Å². The van der Waals surface area contributed by atoms with E-state index in [4.69, 9.17) is 11.6 Å². The quantitative estimate of drug-likeness (QED) is 0.623. The van der Waals surface area contributed by atoms with E-state index in [0.29, 0.717) is 5.52 Å². The van der Waals surface area contributed by atoms with E-state index in [0.717, 1.165) is 9.82 Å². The number of aromatic nitrogens is 5. The number of sulfonamides is 1. The van der Waals surface area contributed by atoms with Crippen molar-refractivity contribution < 1.29 is 13.2 Å². The Morgan fingerprint density at radius 3 is 2.54 bits per heavy atom. The lowest BCUT2D eigenvalue weighted by Gasteiger charge is -2.21. The van der Waals surface area contributed by atoms with E-state index in [2.05, 4.69) is 15.4 Å². The Balaban J connectivity index is 2.05. The van der Waals surface area contributed by atoms with Crippen LogP contribution in [0.4, 0.5) is 0 Å². The lowest BCUT2D eigenvalue weighted by atomic mass is 10.2. The van der Waals surface area contributed by atoms with Crippen LogP contribution in [0.1, 0.15) is 42.9 Å². The van der Waals surface area contributed by atoms with E-state index >= 15 is 0 Å². The maximum atomic E-state index is 13.1. The van der Waals surface area contributed by atoms with Crippen LogP contribution in [0, 0.1) is 6.92 Å². The van der Waals surface area contributed by atoms with Crippen LogP contribution in [0.15, 0.2) is 23.1 Å². The molecule has 0 fully saturated rings. The average Bonchev–Trinajstić information content (AvgIpc) is 3.15. The summed E-state index contributed by atoms with van der Waals surface area (Å²) in [4.78, 5) is 12.9. The number of carbonyl (C=O) groups is 1. The second-order valence-electron chi connectivity index (χ2n) is 6.64. The molecular weight excluding hydrogens is 404 g/mol. The summed E-state index contributed by atoms with van der Waals surface area (Å²) in [6.07, 6.45) is 0. The summed E-state index contributed by atoms with van der Waals surface area (Å²) in [5.41, 5.74) is 1.72. The van der Waals surface area contributed by atoms with Gasteiger partial charge in [-0.3, -0.25) is 9.48 Å². The summed E-state index contributed by atoms with van der Waals surface area (Å²) < 4.78 is 30.0. The van der Waals surface area contributed by atoms with Crippen LogP contribution in [0.5, 0.6) is 0 Å². The van der Waals surface area contributed by atoms with Gasteiger partial charge in [0, 0.05) is 25.2 Å². The highest BCUT2D eigenvalue weighted by Gasteiger charge is 2.34. The number of rotatable bonds is 5. The van der Waals surface area contributed by atoms with Gasteiger partial charge in [0.1, 0.15) is 15.6 Å². The van der Waals surface area contributed by atoms with Gasteiger partial charge in [-0.15, -0.1) is 5.10 Å². The molecule has 0 aliphatic carbocycles. The molecule has 0 saturated heterocycles. The molecule has 0 spiro atoms. The van der Waals surface area contributed by atoms with Gasteiger partial charge in [-0.2, -0.15) is 5.10 Å². The molecule has 3 rings (SSSR count). The van der Waals surface area contributed by atoms with Crippen LogP contribution < -0.4 is 0 Å². The van der Waals surface area contributed by atoms with Crippen molar-refractivity contribution in [2.24, 2.45) is 7.05 Å². The highest BCUT2D eigenvalue weighted by Crippen LogP contribution is 2.28. The first-order chi connectivity index (χ1) is 13.1. The van der Waals surface area contributed by atoms with Gasteiger partial charge < -0.3 is 0 Å². The van der Waals surface area contributed by atoms with Crippen molar-refractivity contribution >= 4 is 38.6 Å². The van der Waals surface area contributed by atoms with Crippen molar-refractivity contribution in [3.63, 3.8) is 0 Å². The Kier molecular flexibility index (Phi) is 5.20. The molecule has 0 aliphatic heterocycles. The number of amides is 1. The van der Waals surface area contributed by atoms with Crippen molar-refractivity contribution in [2.45, 2.75) is 38.6 Å². The molecule has 3 aromatic rings. The summed E-state index contributed by atoms with van der Waals surface area (Å²) in [5.74, 6) is -0.664. The number of carbonyl (C=O) groups excluding carboxylic acids is 1. The first-order valence-corrected chi connectivity index (χ1v) is 10.5. The molecule has 150 valence electrons. The summed E-state index contributed by atoms with van der Waals surface area (Å²) >= 11 is 6.12. The Morgan fingerprint density at radius 1 is 1.32 bits per heavy atom. The third-order valence-corrected chi connectivity index (χ3v) is 6.92. The Morgan fingerprint density at radius 2 is 2.00 bits per heavy atom. The smallest absolute Gasteiger partial charge is 0.268 e. The van der Waals surface area contributed by atoms with Crippen molar-refractivity contribution in [2.75, 3.05) is 6.54 Å². The number of nitrogens with zero attached hydrogens (tertiary/aromatic N) is 6. The molecule has 0 saturated carbocycles. The van der Waals surface area contributed by atoms with E-state index < -0.39 is 15.9 Å². The summed E-state index contributed by atoms with van der Waals surface area (Å²) in [6.45, 7) is 7.01. The maximum Gasteiger partial charge on any atom is 0.271 e. The molecule has 0 unspecified atom stereocenters. The first kappa shape index (κ1) is 20.3. The number of hydrogen-bond donors (Lipinski definition) is 0. The Labute approximate surface area is 167 Å². The number of aryl methyl sites for hydroxylation is 2. The largest absolute Gasteiger partial charge is 0.271 e. The molecule has 1 aromatic carbocycles. The predicted octanol–water partition coefficient (Wildman–Crippen LogP) is 2.56. The zero-order valence-electron chi connectivity index (χ0n) is 16.2. The summed E-state index contributed by atoms with van der Waals surface area (Å²) in [7, 11) is -2.63. The topological polar surface area (TPSA) is 103 Å². The fraction of sp³-hybridized carbons (Fsp3) is 0.412. The minimum absolute atomic E-state index is 0.0425. The molecule has 0 bridgehead atoms. The molecule has 28 heavy (non-hydrogen) atoms. The lowest BCUT2D eigenvalue weighted by molar-refractivity contribution is 0.0866. The van der Waals surface area contributed by atoms with Gasteiger partial charge in [-0.25, -0.2) is 17.4 Å². The molecule has 0 radical (unpaired) electrons. The van der Waals surface area contributed by atoms with Crippen molar-refractivity contribution in [1.82, 2.24) is 29.1 Å². The molecule has 9 nitrogen and oxygen atoms in total. The standard InChI is InChI=1S/C17H21ClN6O3S/c1-6-23(28(26,27)15-11(4)20-22(5)16(15)18)17(25)12-7-8-14-13(9-12)19-21-24(14)10(2)3/h7-10H,6H2,1-5H3. The second-order valence-corrected chi connectivity index (χ2v) is 8.79. The fourth-order valence-corrected chi connectivity index (χ4v) is 5.15. The van der Waals surface area contributed by atoms with Crippen LogP contribution in [0.3, 0.4) is 0 Å². The minimum Gasteiger partial charge on any atom is -0.268 e. The molecule has 1 amide bonds. The third-order valence-electron chi connectivity index (χ3n) is 4.37.